The second kappa shape index (κ2) is 15.4. The van der Waals surface area contributed by atoms with Crippen LogP contribution in [0.5, 0.6) is 28.7 Å². The summed E-state index contributed by atoms with van der Waals surface area (Å²) >= 11 is 0. The van der Waals surface area contributed by atoms with E-state index in [1.807, 2.05) is 18.2 Å². The molecular weight excluding hydrogens is 512 g/mol. The number of aromatic nitrogens is 3. The van der Waals surface area contributed by atoms with E-state index >= 15 is 0 Å². The Hall–Kier alpha value is -4.21. The lowest BCUT2D eigenvalue weighted by Crippen LogP contribution is -2.22. The van der Waals surface area contributed by atoms with Crippen molar-refractivity contribution in [2.24, 2.45) is 5.92 Å². The molecule has 1 amide bonds. The number of ether oxygens (including phenoxy) is 5. The van der Waals surface area contributed by atoms with E-state index in [0.717, 1.165) is 24.8 Å². The number of hydrogen-bond donors (Lipinski definition) is 1. The SMILES string of the molecule is COc1cc(CNC(=O)CCCC/C=C/C(C)C)ccc1OCc1cn(-c2cc(OC)c(OC)c(OC)c2)nn1. The number of benzene rings is 2. The maximum atomic E-state index is 12.2. The first-order valence-corrected chi connectivity index (χ1v) is 13.3. The molecule has 0 saturated heterocycles. The summed E-state index contributed by atoms with van der Waals surface area (Å²) in [5.41, 5.74) is 2.23. The molecule has 0 unspecified atom stereocenters. The highest BCUT2D eigenvalue weighted by Crippen LogP contribution is 2.39. The molecule has 40 heavy (non-hydrogen) atoms. The summed E-state index contributed by atoms with van der Waals surface area (Å²) in [7, 11) is 6.25. The fraction of sp³-hybridized carbons (Fsp3) is 0.433. The maximum Gasteiger partial charge on any atom is 0.220 e. The molecule has 3 rings (SSSR count). The first-order valence-electron chi connectivity index (χ1n) is 13.3. The number of methoxy groups -OCH3 is 4. The number of unbranched alkanes of at least 4 members (excludes halogenated alkanes) is 2. The van der Waals surface area contributed by atoms with Gasteiger partial charge in [-0.3, -0.25) is 4.79 Å². The van der Waals surface area contributed by atoms with Gasteiger partial charge >= 0.3 is 0 Å². The molecule has 10 heteroatoms. The quantitative estimate of drug-likeness (QED) is 0.189. The number of nitrogens with zero attached hydrogens (tertiary/aromatic N) is 3. The van der Waals surface area contributed by atoms with Crippen molar-refractivity contribution in [3.8, 4) is 34.4 Å². The van der Waals surface area contributed by atoms with Gasteiger partial charge in [0.25, 0.3) is 0 Å². The van der Waals surface area contributed by atoms with Gasteiger partial charge in [0, 0.05) is 25.1 Å². The van der Waals surface area contributed by atoms with Gasteiger partial charge < -0.3 is 29.0 Å². The topological polar surface area (TPSA) is 106 Å². The Kier molecular flexibility index (Phi) is 11.7. The highest BCUT2D eigenvalue weighted by atomic mass is 16.5. The van der Waals surface area contributed by atoms with Crippen molar-refractivity contribution < 1.29 is 28.5 Å². The van der Waals surface area contributed by atoms with E-state index in [1.54, 1.807) is 51.5 Å². The highest BCUT2D eigenvalue weighted by Gasteiger charge is 2.16. The van der Waals surface area contributed by atoms with Gasteiger partial charge in [0.1, 0.15) is 12.3 Å². The van der Waals surface area contributed by atoms with Crippen LogP contribution in [0.15, 0.2) is 48.7 Å². The number of amides is 1. The summed E-state index contributed by atoms with van der Waals surface area (Å²) in [4.78, 5) is 12.2. The molecule has 1 N–H and O–H groups in total. The first kappa shape index (κ1) is 30.3. The van der Waals surface area contributed by atoms with Crippen LogP contribution in [-0.4, -0.2) is 49.3 Å². The van der Waals surface area contributed by atoms with Crippen molar-refractivity contribution in [2.45, 2.75) is 52.7 Å². The van der Waals surface area contributed by atoms with Crippen molar-refractivity contribution in [2.75, 3.05) is 28.4 Å². The summed E-state index contributed by atoms with van der Waals surface area (Å²) < 4.78 is 29.3. The molecule has 1 heterocycles. The lowest BCUT2D eigenvalue weighted by atomic mass is 10.1. The molecular formula is C30H40N4O6. The number of rotatable bonds is 16. The van der Waals surface area contributed by atoms with Crippen LogP contribution < -0.4 is 29.0 Å². The molecule has 3 aromatic rings. The van der Waals surface area contributed by atoms with Crippen LogP contribution in [0.1, 0.15) is 50.8 Å². The minimum atomic E-state index is 0.0438. The summed E-state index contributed by atoms with van der Waals surface area (Å²) in [5, 5.41) is 11.4. The van der Waals surface area contributed by atoms with Crippen molar-refractivity contribution in [1.29, 1.82) is 0 Å². The molecule has 0 bridgehead atoms. The molecule has 0 saturated carbocycles. The Morgan fingerprint density at radius 3 is 2.33 bits per heavy atom. The van der Waals surface area contributed by atoms with E-state index in [1.165, 1.54) is 0 Å². The number of nitrogens with one attached hydrogen (secondary N) is 1. The van der Waals surface area contributed by atoms with Crippen LogP contribution >= 0.6 is 0 Å². The van der Waals surface area contributed by atoms with Crippen LogP contribution in [-0.2, 0) is 17.9 Å². The van der Waals surface area contributed by atoms with Gasteiger partial charge in [-0.05, 0) is 42.9 Å². The Balaban J connectivity index is 1.54. The molecule has 0 aliphatic carbocycles. The van der Waals surface area contributed by atoms with Gasteiger partial charge in [0.05, 0.1) is 40.3 Å². The average Bonchev–Trinajstić information content (AvgIpc) is 3.45. The summed E-state index contributed by atoms with van der Waals surface area (Å²) in [6.07, 6.45) is 9.55. The van der Waals surface area contributed by atoms with E-state index in [4.69, 9.17) is 23.7 Å². The Morgan fingerprint density at radius 2 is 1.68 bits per heavy atom. The van der Waals surface area contributed by atoms with Crippen LogP contribution in [0.25, 0.3) is 5.69 Å². The largest absolute Gasteiger partial charge is 0.493 e. The molecule has 0 atom stereocenters. The third-order valence-electron chi connectivity index (χ3n) is 6.09. The van der Waals surface area contributed by atoms with Crippen LogP contribution in [0.3, 0.4) is 0 Å². The Morgan fingerprint density at radius 1 is 0.950 bits per heavy atom. The first-order chi connectivity index (χ1) is 19.4. The second-order valence-corrected chi connectivity index (χ2v) is 9.51. The third kappa shape index (κ3) is 8.65. The second-order valence-electron chi connectivity index (χ2n) is 9.51. The van der Waals surface area contributed by atoms with Gasteiger partial charge in [-0.2, -0.15) is 0 Å². The smallest absolute Gasteiger partial charge is 0.220 e. The minimum absolute atomic E-state index is 0.0438. The summed E-state index contributed by atoms with van der Waals surface area (Å²) in [6.45, 7) is 4.92. The third-order valence-corrected chi connectivity index (χ3v) is 6.09. The molecule has 0 radical (unpaired) electrons. The molecule has 0 spiro atoms. The monoisotopic (exact) mass is 552 g/mol. The van der Waals surface area contributed by atoms with E-state index in [9.17, 15) is 4.79 Å². The van der Waals surface area contributed by atoms with E-state index in [-0.39, 0.29) is 12.5 Å². The van der Waals surface area contributed by atoms with Gasteiger partial charge in [-0.15, -0.1) is 5.10 Å². The van der Waals surface area contributed by atoms with Crippen LogP contribution in [0.2, 0.25) is 0 Å². The zero-order valence-electron chi connectivity index (χ0n) is 24.2. The predicted octanol–water partition coefficient (Wildman–Crippen LogP) is 5.27. The van der Waals surface area contributed by atoms with E-state index in [2.05, 4.69) is 41.6 Å². The highest BCUT2D eigenvalue weighted by molar-refractivity contribution is 5.75. The standard InChI is InChI=1S/C30H40N4O6/c1-21(2)11-9-7-8-10-12-29(35)31-18-22-13-14-25(26(15-22)36-3)40-20-23-19-34(33-32-23)24-16-27(37-4)30(39-6)28(17-24)38-5/h9,11,13-17,19,21H,7-8,10,12,18,20H2,1-6H3,(H,31,35)/b11-9+. The molecule has 1 aromatic heterocycles. The zero-order valence-corrected chi connectivity index (χ0v) is 24.2. The number of carbonyl (C=O) groups excluding carboxylic acids is 1. The lowest BCUT2D eigenvalue weighted by Gasteiger charge is -2.13. The Labute approximate surface area is 236 Å². The van der Waals surface area contributed by atoms with Gasteiger partial charge in [0.15, 0.2) is 23.0 Å². The lowest BCUT2D eigenvalue weighted by molar-refractivity contribution is -0.121. The summed E-state index contributed by atoms with van der Waals surface area (Å²) in [6, 6.07) is 9.16. The Bertz CT molecular complexity index is 1250. The fourth-order valence-corrected chi connectivity index (χ4v) is 3.99. The molecule has 0 aliphatic heterocycles. The maximum absolute atomic E-state index is 12.2. The van der Waals surface area contributed by atoms with Gasteiger partial charge in [-0.1, -0.05) is 37.3 Å². The van der Waals surface area contributed by atoms with Crippen molar-refractivity contribution >= 4 is 5.91 Å². The number of carbonyl (C=O) groups is 1. The van der Waals surface area contributed by atoms with E-state index < -0.39 is 0 Å². The zero-order chi connectivity index (χ0) is 28.9. The number of hydrogen-bond acceptors (Lipinski definition) is 8. The summed E-state index contributed by atoms with van der Waals surface area (Å²) in [5.74, 6) is 3.27. The minimum Gasteiger partial charge on any atom is -0.493 e. The normalized spacial score (nSPS) is 11.1. The predicted molar refractivity (Wildman–Crippen MR) is 153 cm³/mol. The molecule has 10 nitrogen and oxygen atoms in total. The fourth-order valence-electron chi connectivity index (χ4n) is 3.99. The van der Waals surface area contributed by atoms with E-state index in [0.29, 0.717) is 59.0 Å². The van der Waals surface area contributed by atoms with Gasteiger partial charge in [0.2, 0.25) is 11.7 Å². The molecule has 2 aromatic carbocycles. The molecule has 0 aliphatic rings. The van der Waals surface area contributed by atoms with Crippen molar-refractivity contribution in [3.63, 3.8) is 0 Å². The number of allylic oxidation sites excluding steroid dienone is 2. The van der Waals surface area contributed by atoms with Crippen molar-refractivity contribution in [1.82, 2.24) is 20.3 Å². The van der Waals surface area contributed by atoms with Crippen LogP contribution in [0, 0.1) is 5.92 Å². The van der Waals surface area contributed by atoms with Gasteiger partial charge in [-0.25, -0.2) is 4.68 Å². The molecule has 0 fully saturated rings. The van der Waals surface area contributed by atoms with Crippen molar-refractivity contribution in [3.05, 3.63) is 59.9 Å². The molecule has 216 valence electrons. The average molecular weight is 553 g/mol. The van der Waals surface area contributed by atoms with Crippen LogP contribution in [0.4, 0.5) is 0 Å².